The summed E-state index contributed by atoms with van der Waals surface area (Å²) in [5.74, 6) is -0.349. The molecule has 2 N–H and O–H groups in total. The molecule has 0 aliphatic heterocycles. The number of carbonyl (C=O) groups is 1. The number of rotatable bonds is 14. The summed E-state index contributed by atoms with van der Waals surface area (Å²) >= 11 is 5.94. The summed E-state index contributed by atoms with van der Waals surface area (Å²) in [4.78, 5) is 15.4. The Bertz CT molecular complexity index is 1170. The van der Waals surface area contributed by atoms with Gasteiger partial charge in [0.15, 0.2) is 0 Å². The van der Waals surface area contributed by atoms with Gasteiger partial charge in [-0.2, -0.15) is 30.6 Å². The highest BCUT2D eigenvalue weighted by Crippen LogP contribution is 2.36. The minimum absolute atomic E-state index is 0.0292. The molecule has 0 atom stereocenters. The van der Waals surface area contributed by atoms with E-state index >= 15 is 0 Å². The second-order valence-electron chi connectivity index (χ2n) is 7.26. The molecule has 0 saturated carbocycles. The van der Waals surface area contributed by atoms with E-state index in [1.165, 1.54) is 32.4 Å². The van der Waals surface area contributed by atoms with Gasteiger partial charge in [-0.1, -0.05) is 11.6 Å². The monoisotopic (exact) mass is 571 g/mol. The fourth-order valence-electron chi connectivity index (χ4n) is 2.76. The lowest BCUT2D eigenvalue weighted by atomic mass is 10.2. The summed E-state index contributed by atoms with van der Waals surface area (Å²) < 4.78 is 87.2. The third kappa shape index (κ3) is 9.19. The maximum atomic E-state index is 13.0. The van der Waals surface area contributed by atoms with Crippen LogP contribution in [0.3, 0.4) is 0 Å². The molecule has 1 heterocycles. The number of aromatic nitrogens is 1. The third-order valence-electron chi connectivity index (χ3n) is 4.56. The van der Waals surface area contributed by atoms with Crippen LogP contribution in [0.1, 0.15) is 17.5 Å². The maximum Gasteiger partial charge on any atom is 0.422 e. The van der Waals surface area contributed by atoms with E-state index in [1.807, 2.05) is 0 Å². The number of halogens is 4. The second-order valence-corrected chi connectivity index (χ2v) is 9.34. The van der Waals surface area contributed by atoms with Gasteiger partial charge in [-0.05, 0) is 24.6 Å². The van der Waals surface area contributed by atoms with E-state index < -0.39 is 45.5 Å². The van der Waals surface area contributed by atoms with Crippen molar-refractivity contribution in [1.29, 1.82) is 0 Å². The molecule has 16 heteroatoms. The summed E-state index contributed by atoms with van der Waals surface area (Å²) in [5.41, 5.74) is -1.08. The van der Waals surface area contributed by atoms with Crippen LogP contribution >= 0.6 is 11.6 Å². The Morgan fingerprint density at radius 3 is 2.46 bits per heavy atom. The fraction of sp³-hybridized carbons (Fsp3) is 0.429. The van der Waals surface area contributed by atoms with Crippen molar-refractivity contribution in [2.75, 3.05) is 40.6 Å². The number of hydrogen-bond acceptors (Lipinski definition) is 8. The van der Waals surface area contributed by atoms with Crippen molar-refractivity contribution in [3.63, 3.8) is 0 Å². The fourth-order valence-corrected chi connectivity index (χ4v) is 4.04. The van der Waals surface area contributed by atoms with Crippen molar-refractivity contribution in [3.8, 4) is 17.4 Å². The maximum absolute atomic E-state index is 13.0. The van der Waals surface area contributed by atoms with Crippen LogP contribution in [0.4, 0.5) is 18.0 Å². The van der Waals surface area contributed by atoms with Crippen molar-refractivity contribution in [3.05, 3.63) is 46.6 Å². The van der Waals surface area contributed by atoms with Gasteiger partial charge in [0.2, 0.25) is 5.88 Å². The number of nitrogens with zero attached hydrogens (tertiary/aromatic N) is 2. The van der Waals surface area contributed by atoms with Crippen LogP contribution in [0, 0.1) is 0 Å². The van der Waals surface area contributed by atoms with Gasteiger partial charge in [0.25, 0.3) is 0 Å². The van der Waals surface area contributed by atoms with Gasteiger partial charge >= 0.3 is 22.5 Å². The van der Waals surface area contributed by atoms with Crippen LogP contribution in [-0.2, 0) is 32.4 Å². The number of methoxy groups -OCH3 is 2. The van der Waals surface area contributed by atoms with Crippen molar-refractivity contribution >= 4 is 27.9 Å². The number of pyridine rings is 1. The van der Waals surface area contributed by atoms with Crippen molar-refractivity contribution in [2.24, 2.45) is 0 Å². The second kappa shape index (κ2) is 13.6. The van der Waals surface area contributed by atoms with Gasteiger partial charge in [0.1, 0.15) is 23.1 Å². The molecule has 0 fully saturated rings. The lowest BCUT2D eigenvalue weighted by Crippen LogP contribution is -2.43. The SMILES string of the molecule is COCCCNS(=O)(=O)N(Cc1ccc(OCCOC)cc1Oc1ncc(C(F)(F)F)cc1Cl)C(=O)O. The predicted octanol–water partition coefficient (Wildman–Crippen LogP) is 3.92. The molecule has 37 heavy (non-hydrogen) atoms. The first-order valence-electron chi connectivity index (χ1n) is 10.5. The highest BCUT2D eigenvalue weighted by Gasteiger charge is 2.32. The van der Waals surface area contributed by atoms with Gasteiger partial charge < -0.3 is 24.1 Å². The minimum Gasteiger partial charge on any atom is -0.491 e. The quantitative estimate of drug-likeness (QED) is 0.323. The molecule has 2 rings (SSSR count). The number of nitrogens with one attached hydrogen (secondary N) is 1. The van der Waals surface area contributed by atoms with Gasteiger partial charge in [-0.25, -0.2) is 9.78 Å². The Morgan fingerprint density at radius 1 is 1.16 bits per heavy atom. The Morgan fingerprint density at radius 2 is 1.86 bits per heavy atom. The highest BCUT2D eigenvalue weighted by molar-refractivity contribution is 7.87. The molecule has 206 valence electrons. The topological polar surface area (TPSA) is 137 Å². The van der Waals surface area contributed by atoms with Crippen LogP contribution in [-0.4, -0.2) is 69.5 Å². The van der Waals surface area contributed by atoms with Crippen molar-refractivity contribution < 1.29 is 50.4 Å². The van der Waals surface area contributed by atoms with E-state index in [0.29, 0.717) is 18.7 Å². The van der Waals surface area contributed by atoms with E-state index in [2.05, 4.69) is 9.71 Å². The molecule has 0 unspecified atom stereocenters. The number of amides is 1. The molecule has 1 amide bonds. The van der Waals surface area contributed by atoms with E-state index in [-0.39, 0.29) is 47.7 Å². The molecule has 0 aliphatic rings. The third-order valence-corrected chi connectivity index (χ3v) is 6.27. The van der Waals surface area contributed by atoms with Crippen LogP contribution < -0.4 is 14.2 Å². The predicted molar refractivity (Wildman–Crippen MR) is 125 cm³/mol. The zero-order valence-corrected chi connectivity index (χ0v) is 21.3. The van der Waals surface area contributed by atoms with Crippen molar-refractivity contribution in [1.82, 2.24) is 14.0 Å². The van der Waals surface area contributed by atoms with Gasteiger partial charge in [0.05, 0.1) is 18.7 Å². The average molecular weight is 572 g/mol. The first kappa shape index (κ1) is 30.4. The first-order valence-corrected chi connectivity index (χ1v) is 12.3. The van der Waals surface area contributed by atoms with E-state index in [0.717, 1.165) is 0 Å². The number of hydrogen-bond donors (Lipinski definition) is 2. The molecule has 1 aromatic carbocycles. The molecule has 0 aliphatic carbocycles. The zero-order valence-electron chi connectivity index (χ0n) is 19.7. The van der Waals surface area contributed by atoms with Gasteiger partial charge in [-0.15, -0.1) is 0 Å². The van der Waals surface area contributed by atoms with Crippen LogP contribution in [0.25, 0.3) is 0 Å². The molecule has 0 saturated heterocycles. The Balaban J connectivity index is 2.40. The average Bonchev–Trinajstić information content (AvgIpc) is 2.81. The number of ether oxygens (including phenoxy) is 4. The van der Waals surface area contributed by atoms with Crippen LogP contribution in [0.15, 0.2) is 30.5 Å². The molecular formula is C21H25ClF3N3O8S. The normalized spacial score (nSPS) is 11.8. The van der Waals surface area contributed by atoms with Gasteiger partial charge in [-0.3, -0.25) is 0 Å². The molecule has 0 spiro atoms. The summed E-state index contributed by atoms with van der Waals surface area (Å²) in [6.07, 6.45) is -5.67. The number of benzene rings is 1. The molecule has 2 aromatic rings. The molecule has 0 bridgehead atoms. The van der Waals surface area contributed by atoms with Crippen LogP contribution in [0.2, 0.25) is 5.02 Å². The number of carboxylic acid groups (broad SMARTS) is 1. The lowest BCUT2D eigenvalue weighted by Gasteiger charge is -2.21. The summed E-state index contributed by atoms with van der Waals surface area (Å²) in [7, 11) is -1.60. The standard InChI is InChI=1S/C21H25ClF3N3O8S/c1-33-7-3-6-27-37(31,32)28(20(29)30)13-14-4-5-16(35-9-8-34-2)11-18(14)36-19-17(22)10-15(12-26-19)21(23,24)25/h4-5,10-12,27H,3,6-9,13H2,1-2H3,(H,29,30). The number of alkyl halides is 3. The first-order chi connectivity index (χ1) is 17.4. The Kier molecular flexibility index (Phi) is 11.2. The Hall–Kier alpha value is -2.85. The zero-order chi connectivity index (χ0) is 27.6. The van der Waals surface area contributed by atoms with Crippen molar-refractivity contribution in [2.45, 2.75) is 19.1 Å². The summed E-state index contributed by atoms with van der Waals surface area (Å²) in [6.45, 7) is -0.167. The van der Waals surface area contributed by atoms with E-state index in [1.54, 1.807) is 0 Å². The molecule has 0 radical (unpaired) electrons. The lowest BCUT2D eigenvalue weighted by molar-refractivity contribution is -0.137. The van der Waals surface area contributed by atoms with Crippen LogP contribution in [0.5, 0.6) is 17.4 Å². The van der Waals surface area contributed by atoms with Gasteiger partial charge in [0, 0.05) is 45.2 Å². The summed E-state index contributed by atoms with van der Waals surface area (Å²) in [5, 5.41) is 9.09. The molecule has 11 nitrogen and oxygen atoms in total. The van der Waals surface area contributed by atoms with E-state index in [4.69, 9.17) is 30.5 Å². The molecular weight excluding hydrogens is 547 g/mol. The smallest absolute Gasteiger partial charge is 0.422 e. The largest absolute Gasteiger partial charge is 0.491 e. The van der Waals surface area contributed by atoms with E-state index in [9.17, 15) is 31.5 Å². The Labute approximate surface area is 216 Å². The molecule has 1 aromatic heterocycles. The minimum atomic E-state index is -4.69. The summed E-state index contributed by atoms with van der Waals surface area (Å²) in [6, 6.07) is 4.67. The highest BCUT2D eigenvalue weighted by atomic mass is 35.5.